The van der Waals surface area contributed by atoms with Gasteiger partial charge in [0.2, 0.25) is 0 Å². The second-order valence-electron chi connectivity index (χ2n) is 6.66. The van der Waals surface area contributed by atoms with Crippen molar-refractivity contribution in [1.29, 1.82) is 0 Å². The fraction of sp³-hybridized carbons (Fsp3) is 0.500. The van der Waals surface area contributed by atoms with Crippen molar-refractivity contribution < 1.29 is 9.53 Å². The van der Waals surface area contributed by atoms with Crippen LogP contribution in [0.25, 0.3) is 0 Å². The van der Waals surface area contributed by atoms with Crippen LogP contribution in [0.1, 0.15) is 51.8 Å². The first-order valence-electron chi connectivity index (χ1n) is 9.18. The summed E-state index contributed by atoms with van der Waals surface area (Å²) in [6.07, 6.45) is 2.83. The van der Waals surface area contributed by atoms with Crippen LogP contribution in [0.2, 0.25) is 0 Å². The summed E-state index contributed by atoms with van der Waals surface area (Å²) in [6.45, 7) is 6.87. The summed E-state index contributed by atoms with van der Waals surface area (Å²) in [5.41, 5.74) is 6.14. The number of aliphatic imine (C=N–C) groups is 1. The molecule has 26 heavy (non-hydrogen) atoms. The van der Waals surface area contributed by atoms with Gasteiger partial charge >= 0.3 is 6.09 Å². The molecule has 0 saturated carbocycles. The number of ether oxygens (including phenoxy) is 1. The smallest absolute Gasteiger partial charge is 0.406 e. The molecule has 1 atom stereocenters. The number of nitrogens with one attached hydrogen (secondary N) is 1. The Kier molecular flexibility index (Phi) is 7.21. The minimum Gasteiger partial charge on any atom is -0.406 e. The molecule has 1 aliphatic rings. The summed E-state index contributed by atoms with van der Waals surface area (Å²) in [6, 6.07) is 10.1. The van der Waals surface area contributed by atoms with Gasteiger partial charge in [-0.25, -0.2) is 10.2 Å². The van der Waals surface area contributed by atoms with Crippen molar-refractivity contribution in [1.82, 2.24) is 15.3 Å². The first kappa shape index (κ1) is 20.0. The molecule has 142 valence electrons. The van der Waals surface area contributed by atoms with Gasteiger partial charge in [0.1, 0.15) is 0 Å². The summed E-state index contributed by atoms with van der Waals surface area (Å²) in [5, 5.41) is 2.01. The fourth-order valence-electron chi connectivity index (χ4n) is 2.81. The maximum atomic E-state index is 12.0. The van der Waals surface area contributed by atoms with E-state index in [1.54, 1.807) is 14.1 Å². The average Bonchev–Trinajstić information content (AvgIpc) is 2.63. The van der Waals surface area contributed by atoms with Crippen molar-refractivity contribution in [3.8, 4) is 0 Å². The van der Waals surface area contributed by atoms with Gasteiger partial charge in [-0.05, 0) is 25.8 Å². The van der Waals surface area contributed by atoms with Crippen LogP contribution >= 0.6 is 0 Å². The van der Waals surface area contributed by atoms with Crippen molar-refractivity contribution >= 4 is 11.8 Å². The molecule has 1 unspecified atom stereocenters. The van der Waals surface area contributed by atoms with E-state index in [0.29, 0.717) is 5.76 Å². The fourth-order valence-corrected chi connectivity index (χ4v) is 2.81. The maximum absolute atomic E-state index is 12.0. The highest BCUT2D eigenvalue weighted by atomic mass is 16.6. The Morgan fingerprint density at radius 3 is 2.54 bits per heavy atom. The van der Waals surface area contributed by atoms with Crippen molar-refractivity contribution in [2.45, 2.75) is 46.2 Å². The Morgan fingerprint density at radius 1 is 1.23 bits per heavy atom. The molecule has 6 nitrogen and oxygen atoms in total. The van der Waals surface area contributed by atoms with E-state index in [0.717, 1.165) is 29.9 Å². The molecule has 0 radical (unpaired) electrons. The molecule has 1 amide bonds. The van der Waals surface area contributed by atoms with Gasteiger partial charge in [-0.1, -0.05) is 50.1 Å². The molecule has 0 saturated heterocycles. The number of hydrogen-bond acceptors (Lipinski definition) is 5. The number of carbonyl (C=O) groups is 1. The number of carbonyl (C=O) groups excluding carboxylic acids is 1. The van der Waals surface area contributed by atoms with E-state index in [1.807, 2.05) is 37.1 Å². The Bertz CT molecular complexity index is 668. The minimum absolute atomic E-state index is 0.181. The predicted octanol–water partition coefficient (Wildman–Crippen LogP) is 4.09. The first-order valence-corrected chi connectivity index (χ1v) is 9.18. The van der Waals surface area contributed by atoms with Crippen LogP contribution in [-0.2, 0) is 4.74 Å². The van der Waals surface area contributed by atoms with E-state index in [-0.39, 0.29) is 6.17 Å². The van der Waals surface area contributed by atoms with Gasteiger partial charge in [0.05, 0.1) is 11.4 Å². The number of rotatable bonds is 7. The molecule has 1 aromatic carbocycles. The molecule has 6 heteroatoms. The van der Waals surface area contributed by atoms with Crippen molar-refractivity contribution in [2.75, 3.05) is 20.6 Å². The van der Waals surface area contributed by atoms with E-state index >= 15 is 0 Å². The van der Waals surface area contributed by atoms with Crippen molar-refractivity contribution in [3.05, 3.63) is 47.4 Å². The largest absolute Gasteiger partial charge is 0.414 e. The average molecular weight is 358 g/mol. The summed E-state index contributed by atoms with van der Waals surface area (Å²) >= 11 is 0. The summed E-state index contributed by atoms with van der Waals surface area (Å²) in [5.74, 6) is 0.513. The third kappa shape index (κ3) is 4.85. The summed E-state index contributed by atoms with van der Waals surface area (Å²) in [4.78, 5) is 18.3. The lowest BCUT2D eigenvalue weighted by Gasteiger charge is -2.37. The highest BCUT2D eigenvalue weighted by Gasteiger charge is 2.30. The number of hydrogen-bond donors (Lipinski definition) is 1. The van der Waals surface area contributed by atoms with Crippen LogP contribution in [-0.4, -0.2) is 42.4 Å². The number of allylic oxidation sites excluding steroid dienone is 2. The third-order valence-electron chi connectivity index (χ3n) is 4.29. The van der Waals surface area contributed by atoms with Gasteiger partial charge in [-0.2, -0.15) is 0 Å². The quantitative estimate of drug-likeness (QED) is 0.746. The van der Waals surface area contributed by atoms with E-state index in [2.05, 4.69) is 24.5 Å². The normalized spacial score (nSPS) is 17.2. The van der Waals surface area contributed by atoms with Crippen LogP contribution in [0, 0.1) is 0 Å². The van der Waals surface area contributed by atoms with Crippen molar-refractivity contribution in [2.24, 2.45) is 4.99 Å². The molecule has 1 aromatic rings. The van der Waals surface area contributed by atoms with Crippen LogP contribution in [0.5, 0.6) is 0 Å². The number of benzene rings is 1. The van der Waals surface area contributed by atoms with Gasteiger partial charge in [-0.3, -0.25) is 10.0 Å². The number of nitrogens with zero attached hydrogens (tertiary/aromatic N) is 3. The number of unbranched alkanes of at least 4 members (excludes halogenated alkanes) is 2. The van der Waals surface area contributed by atoms with E-state index in [9.17, 15) is 4.79 Å². The van der Waals surface area contributed by atoms with Crippen LogP contribution in [0.4, 0.5) is 4.79 Å². The van der Waals surface area contributed by atoms with Crippen LogP contribution in [0.15, 0.2) is 46.8 Å². The molecule has 1 heterocycles. The summed E-state index contributed by atoms with van der Waals surface area (Å²) in [7, 11) is 3.34. The predicted molar refractivity (Wildman–Crippen MR) is 105 cm³/mol. The lowest BCUT2D eigenvalue weighted by Crippen LogP contribution is -2.43. The highest BCUT2D eigenvalue weighted by Crippen LogP contribution is 2.31. The van der Waals surface area contributed by atoms with Gasteiger partial charge in [-0.15, -0.1) is 0 Å². The minimum atomic E-state index is -0.405. The van der Waals surface area contributed by atoms with Gasteiger partial charge in [0.15, 0.2) is 11.9 Å². The molecule has 0 spiro atoms. The molecule has 1 N–H and O–H groups in total. The van der Waals surface area contributed by atoms with E-state index < -0.39 is 6.09 Å². The standard InChI is InChI=1S/C20H30N4O2/c1-6-7-11-14-21-24-16(3)18(26-20(25)23(4)5)15(2)22-19(24)17-12-9-8-10-13-17/h8-10,12-13,19,21H,6-7,11,14H2,1-5H3. The zero-order valence-corrected chi connectivity index (χ0v) is 16.5. The highest BCUT2D eigenvalue weighted by molar-refractivity contribution is 5.99. The van der Waals surface area contributed by atoms with Crippen LogP contribution < -0.4 is 5.43 Å². The second-order valence-corrected chi connectivity index (χ2v) is 6.66. The molecule has 2 rings (SSSR count). The Labute approximate surface area is 156 Å². The number of amides is 1. The maximum Gasteiger partial charge on any atom is 0.414 e. The van der Waals surface area contributed by atoms with Gasteiger partial charge in [0, 0.05) is 20.6 Å². The third-order valence-corrected chi connectivity index (χ3v) is 4.29. The number of hydrazine groups is 1. The molecule has 0 aliphatic carbocycles. The Morgan fingerprint density at radius 2 is 1.92 bits per heavy atom. The molecule has 1 aliphatic heterocycles. The Hall–Kier alpha value is -2.34. The Balaban J connectivity index is 2.29. The lowest BCUT2D eigenvalue weighted by molar-refractivity contribution is 0.131. The van der Waals surface area contributed by atoms with E-state index in [1.165, 1.54) is 17.7 Å². The zero-order valence-electron chi connectivity index (χ0n) is 16.5. The second kappa shape index (κ2) is 9.38. The monoisotopic (exact) mass is 358 g/mol. The van der Waals surface area contributed by atoms with E-state index in [4.69, 9.17) is 9.73 Å². The topological polar surface area (TPSA) is 57.2 Å². The van der Waals surface area contributed by atoms with Crippen LogP contribution in [0.3, 0.4) is 0 Å². The van der Waals surface area contributed by atoms with Gasteiger partial charge in [0.25, 0.3) is 0 Å². The SMILES string of the molecule is CCCCCNN1C(C)=C(OC(=O)N(C)C)C(C)=NC1c1ccccc1. The molecular formula is C20H30N4O2. The summed E-state index contributed by atoms with van der Waals surface area (Å²) < 4.78 is 5.57. The molecule has 0 fully saturated rings. The zero-order chi connectivity index (χ0) is 19.1. The molecule has 0 aromatic heterocycles. The van der Waals surface area contributed by atoms with Gasteiger partial charge < -0.3 is 9.64 Å². The first-order chi connectivity index (χ1) is 12.5. The molecule has 0 bridgehead atoms. The molecular weight excluding hydrogens is 328 g/mol. The lowest BCUT2D eigenvalue weighted by atomic mass is 10.1. The van der Waals surface area contributed by atoms with Crippen molar-refractivity contribution in [3.63, 3.8) is 0 Å².